The topological polar surface area (TPSA) is 91.6 Å². The van der Waals surface area contributed by atoms with Gasteiger partial charge in [-0.3, -0.25) is 5.41 Å². The Morgan fingerprint density at radius 3 is 2.39 bits per heavy atom. The maximum atomic E-state index is 7.65. The summed E-state index contributed by atoms with van der Waals surface area (Å²) in [7, 11) is 0. The molecule has 9 heteroatoms. The standard InChI is InChI=1S/C22H29N5O.3ClH/c23-20-3-1-2-4-21(20)26-10-7-16(8-11-26)15-28-19-6-5-17-9-12-27(22(24)25)14-18(17)13-19;;;/h1-6,13,16H,7-12,14-15,23H2,(H3,24,25);3*1H. The minimum atomic E-state index is 0. The summed E-state index contributed by atoms with van der Waals surface area (Å²) >= 11 is 0. The molecule has 5 N–H and O–H groups in total. The molecule has 2 aliphatic heterocycles. The van der Waals surface area contributed by atoms with E-state index < -0.39 is 0 Å². The minimum Gasteiger partial charge on any atom is -0.493 e. The van der Waals surface area contributed by atoms with Crippen LogP contribution in [0.5, 0.6) is 5.75 Å². The zero-order chi connectivity index (χ0) is 19.5. The molecule has 0 aromatic heterocycles. The summed E-state index contributed by atoms with van der Waals surface area (Å²) in [4.78, 5) is 4.28. The highest BCUT2D eigenvalue weighted by atomic mass is 35.5. The van der Waals surface area contributed by atoms with E-state index in [0.29, 0.717) is 12.5 Å². The summed E-state index contributed by atoms with van der Waals surface area (Å²) < 4.78 is 6.13. The Morgan fingerprint density at radius 2 is 1.71 bits per heavy atom. The molecule has 0 bridgehead atoms. The van der Waals surface area contributed by atoms with E-state index in [1.807, 2.05) is 23.1 Å². The number of hydrogen-bond donors (Lipinski definition) is 3. The zero-order valence-corrected chi connectivity index (χ0v) is 19.9. The third kappa shape index (κ3) is 6.48. The molecule has 1 saturated heterocycles. The molecular weight excluding hydrogens is 457 g/mol. The van der Waals surface area contributed by atoms with Gasteiger partial charge in [0, 0.05) is 26.2 Å². The third-order valence-corrected chi connectivity index (χ3v) is 5.91. The van der Waals surface area contributed by atoms with Gasteiger partial charge in [-0.2, -0.15) is 0 Å². The summed E-state index contributed by atoms with van der Waals surface area (Å²) in [6.07, 6.45) is 3.14. The Labute approximate surface area is 203 Å². The number of nitrogen functional groups attached to an aromatic ring is 1. The lowest BCUT2D eigenvalue weighted by molar-refractivity contribution is 0.222. The third-order valence-electron chi connectivity index (χ3n) is 5.91. The molecule has 172 valence electrons. The Kier molecular flexibility index (Phi) is 10.6. The smallest absolute Gasteiger partial charge is 0.188 e. The minimum absolute atomic E-state index is 0. The van der Waals surface area contributed by atoms with Gasteiger partial charge in [-0.15, -0.1) is 37.2 Å². The molecule has 2 aliphatic rings. The molecule has 0 amide bonds. The van der Waals surface area contributed by atoms with E-state index in [9.17, 15) is 0 Å². The van der Waals surface area contributed by atoms with Crippen LogP contribution in [0.3, 0.4) is 0 Å². The van der Waals surface area contributed by atoms with Crippen LogP contribution in [0.4, 0.5) is 11.4 Å². The van der Waals surface area contributed by atoms with Crippen molar-refractivity contribution < 1.29 is 4.74 Å². The fourth-order valence-electron chi connectivity index (χ4n) is 4.16. The van der Waals surface area contributed by atoms with Crippen molar-refractivity contribution in [1.29, 1.82) is 5.41 Å². The van der Waals surface area contributed by atoms with Gasteiger partial charge in [-0.1, -0.05) is 18.2 Å². The number of nitrogens with zero attached hydrogens (tertiary/aromatic N) is 2. The van der Waals surface area contributed by atoms with E-state index in [1.54, 1.807) is 0 Å². The van der Waals surface area contributed by atoms with Crippen molar-refractivity contribution in [1.82, 2.24) is 4.90 Å². The molecule has 6 nitrogen and oxygen atoms in total. The van der Waals surface area contributed by atoms with Crippen LogP contribution < -0.4 is 21.1 Å². The lowest BCUT2D eigenvalue weighted by Gasteiger charge is -2.34. The molecule has 0 aliphatic carbocycles. The van der Waals surface area contributed by atoms with Crippen molar-refractivity contribution in [3.63, 3.8) is 0 Å². The van der Waals surface area contributed by atoms with Gasteiger partial charge in [0.1, 0.15) is 5.75 Å². The van der Waals surface area contributed by atoms with Gasteiger partial charge in [0.15, 0.2) is 5.96 Å². The highest BCUT2D eigenvalue weighted by Crippen LogP contribution is 2.29. The molecule has 2 aromatic carbocycles. The zero-order valence-electron chi connectivity index (χ0n) is 17.5. The van der Waals surface area contributed by atoms with E-state index in [-0.39, 0.29) is 43.2 Å². The van der Waals surface area contributed by atoms with E-state index in [0.717, 1.165) is 62.6 Å². The second-order valence-electron chi connectivity index (χ2n) is 7.79. The van der Waals surface area contributed by atoms with E-state index >= 15 is 0 Å². The molecule has 0 radical (unpaired) electrons. The lowest BCUT2D eigenvalue weighted by Crippen LogP contribution is -2.40. The number of para-hydroxylation sites is 2. The summed E-state index contributed by atoms with van der Waals surface area (Å²) in [6.45, 7) is 4.28. The predicted octanol–water partition coefficient (Wildman–Crippen LogP) is 4.08. The summed E-state index contributed by atoms with van der Waals surface area (Å²) in [5.74, 6) is 1.62. The number of rotatable bonds is 4. The molecular formula is C22H32Cl3N5O. The predicted molar refractivity (Wildman–Crippen MR) is 136 cm³/mol. The first-order valence-corrected chi connectivity index (χ1v) is 10.0. The number of nitrogens with one attached hydrogen (secondary N) is 1. The molecule has 31 heavy (non-hydrogen) atoms. The van der Waals surface area contributed by atoms with Crippen molar-refractivity contribution >= 4 is 54.6 Å². The van der Waals surface area contributed by atoms with Crippen molar-refractivity contribution in [3.05, 3.63) is 53.6 Å². The Bertz CT molecular complexity index is 859. The van der Waals surface area contributed by atoms with Gasteiger partial charge in [0.2, 0.25) is 0 Å². The monoisotopic (exact) mass is 487 g/mol. The first kappa shape index (κ1) is 27.0. The number of ether oxygens (including phenoxy) is 1. The van der Waals surface area contributed by atoms with E-state index in [2.05, 4.69) is 29.2 Å². The van der Waals surface area contributed by atoms with Crippen LogP contribution in [0.15, 0.2) is 42.5 Å². The second kappa shape index (κ2) is 12.1. The molecule has 2 heterocycles. The normalized spacial score (nSPS) is 15.6. The molecule has 1 fully saturated rings. The lowest BCUT2D eigenvalue weighted by atomic mass is 9.97. The number of hydrogen-bond acceptors (Lipinski definition) is 4. The van der Waals surface area contributed by atoms with E-state index in [1.165, 1.54) is 11.1 Å². The fourth-order valence-corrected chi connectivity index (χ4v) is 4.16. The van der Waals surface area contributed by atoms with Crippen molar-refractivity contribution in [2.75, 3.05) is 36.9 Å². The fraction of sp³-hybridized carbons (Fsp3) is 0.409. The van der Waals surface area contributed by atoms with Gasteiger partial charge in [0.05, 0.1) is 18.0 Å². The van der Waals surface area contributed by atoms with Gasteiger partial charge in [-0.05, 0) is 60.6 Å². The number of benzene rings is 2. The molecule has 2 aromatic rings. The highest BCUT2D eigenvalue weighted by molar-refractivity contribution is 5.86. The number of anilines is 2. The molecule has 0 saturated carbocycles. The van der Waals surface area contributed by atoms with Crippen molar-refractivity contribution in [3.8, 4) is 5.75 Å². The maximum absolute atomic E-state index is 7.65. The number of nitrogens with two attached hydrogens (primary N) is 2. The van der Waals surface area contributed by atoms with Crippen LogP contribution in [0.2, 0.25) is 0 Å². The number of guanidine groups is 1. The SMILES string of the molecule is Cl.Cl.Cl.N=C(N)N1CCc2ccc(OCC3CCN(c4ccccc4N)CC3)cc2C1. The average molecular weight is 489 g/mol. The maximum Gasteiger partial charge on any atom is 0.188 e. The van der Waals surface area contributed by atoms with Crippen LogP contribution in [0.25, 0.3) is 0 Å². The first-order valence-electron chi connectivity index (χ1n) is 10.0. The van der Waals surface area contributed by atoms with Crippen LogP contribution in [0, 0.1) is 11.3 Å². The van der Waals surface area contributed by atoms with Crippen LogP contribution in [-0.4, -0.2) is 37.1 Å². The number of fused-ring (bicyclic) bond motifs is 1. The van der Waals surface area contributed by atoms with Crippen LogP contribution >= 0.6 is 37.2 Å². The van der Waals surface area contributed by atoms with Crippen molar-refractivity contribution in [2.45, 2.75) is 25.8 Å². The summed E-state index contributed by atoms with van der Waals surface area (Å²) in [6, 6.07) is 14.4. The Hall–Kier alpha value is -2.02. The highest BCUT2D eigenvalue weighted by Gasteiger charge is 2.22. The largest absolute Gasteiger partial charge is 0.493 e. The quantitative estimate of drug-likeness (QED) is 0.343. The first-order chi connectivity index (χ1) is 13.6. The molecule has 4 rings (SSSR count). The van der Waals surface area contributed by atoms with Gasteiger partial charge in [-0.25, -0.2) is 0 Å². The Balaban J connectivity index is 0.00000160. The molecule has 0 atom stereocenters. The van der Waals surface area contributed by atoms with E-state index in [4.69, 9.17) is 21.6 Å². The summed E-state index contributed by atoms with van der Waals surface area (Å²) in [5, 5.41) is 7.65. The summed E-state index contributed by atoms with van der Waals surface area (Å²) in [5.41, 5.74) is 16.3. The van der Waals surface area contributed by atoms with Crippen LogP contribution in [-0.2, 0) is 13.0 Å². The average Bonchev–Trinajstić information content (AvgIpc) is 2.72. The van der Waals surface area contributed by atoms with Gasteiger partial charge in [0.25, 0.3) is 0 Å². The van der Waals surface area contributed by atoms with Crippen molar-refractivity contribution in [2.24, 2.45) is 11.7 Å². The second-order valence-corrected chi connectivity index (χ2v) is 7.79. The van der Waals surface area contributed by atoms with Gasteiger partial charge < -0.3 is 26.0 Å². The molecule has 0 spiro atoms. The van der Waals surface area contributed by atoms with Crippen LogP contribution in [0.1, 0.15) is 24.0 Å². The Morgan fingerprint density at radius 1 is 1.00 bits per heavy atom. The van der Waals surface area contributed by atoms with Gasteiger partial charge >= 0.3 is 0 Å². The number of piperidine rings is 1. The number of halogens is 3. The molecule has 0 unspecified atom stereocenters.